The van der Waals surface area contributed by atoms with E-state index in [0.717, 1.165) is 0 Å². The maximum atomic E-state index is 2.32. The third-order valence-corrected chi connectivity index (χ3v) is 4.38. The van der Waals surface area contributed by atoms with Gasteiger partial charge >= 0.3 is 0 Å². The van der Waals surface area contributed by atoms with E-state index in [-0.39, 0.29) is 0 Å². The molecule has 1 heteroatoms. The molecule has 2 aromatic rings. The van der Waals surface area contributed by atoms with Crippen molar-refractivity contribution in [3.63, 3.8) is 0 Å². The molecule has 0 radical (unpaired) electrons. The highest BCUT2D eigenvalue weighted by Gasteiger charge is 2.21. The average molecular weight is 238 g/mol. The van der Waals surface area contributed by atoms with Crippen LogP contribution in [0.25, 0.3) is 6.08 Å². The van der Waals surface area contributed by atoms with Crippen molar-refractivity contribution in [3.05, 3.63) is 70.6 Å². The molecule has 1 aliphatic rings. The lowest BCUT2D eigenvalue weighted by Gasteiger charge is -2.10. The van der Waals surface area contributed by atoms with Crippen molar-refractivity contribution in [1.82, 2.24) is 0 Å². The van der Waals surface area contributed by atoms with Crippen LogP contribution in [0, 0.1) is 0 Å². The Bertz CT molecular complexity index is 555. The summed E-state index contributed by atoms with van der Waals surface area (Å²) in [4.78, 5) is 2.76. The zero-order valence-electron chi connectivity index (χ0n) is 9.76. The van der Waals surface area contributed by atoms with Crippen molar-refractivity contribution in [2.24, 2.45) is 0 Å². The van der Waals surface area contributed by atoms with Gasteiger partial charge in [-0.05, 0) is 34.2 Å². The molecule has 0 aromatic heterocycles. The van der Waals surface area contributed by atoms with E-state index in [1.807, 2.05) is 11.8 Å². The quantitative estimate of drug-likeness (QED) is 0.714. The molecular weight excluding hydrogens is 224 g/mol. The topological polar surface area (TPSA) is 0 Å². The highest BCUT2D eigenvalue weighted by molar-refractivity contribution is 8.03. The maximum absolute atomic E-state index is 2.32. The van der Waals surface area contributed by atoms with Gasteiger partial charge in [-0.3, -0.25) is 0 Å². The second-order valence-corrected chi connectivity index (χ2v) is 5.46. The van der Waals surface area contributed by atoms with E-state index < -0.39 is 0 Å². The van der Waals surface area contributed by atoms with Crippen molar-refractivity contribution in [2.75, 3.05) is 0 Å². The van der Waals surface area contributed by atoms with Crippen LogP contribution in [0.1, 0.15) is 24.0 Å². The first-order chi connectivity index (χ1) is 8.34. The van der Waals surface area contributed by atoms with Gasteiger partial charge in [-0.25, -0.2) is 0 Å². The molecule has 0 saturated carbocycles. The highest BCUT2D eigenvalue weighted by Crippen LogP contribution is 2.44. The van der Waals surface area contributed by atoms with Gasteiger partial charge in [0.1, 0.15) is 0 Å². The standard InChI is InChI=1S/C16H14S/c1-12-15-10-6-5-7-13(15)11-16(12)17-14-8-3-2-4-9-14/h2-12H,1H3. The Kier molecular flexibility index (Phi) is 2.77. The number of benzene rings is 2. The fraction of sp³-hybridized carbons (Fsp3) is 0.125. The molecule has 0 fully saturated rings. The summed E-state index contributed by atoms with van der Waals surface area (Å²) < 4.78 is 0. The van der Waals surface area contributed by atoms with Gasteiger partial charge in [0.15, 0.2) is 0 Å². The molecule has 1 atom stereocenters. The molecule has 3 rings (SSSR count). The first-order valence-corrected chi connectivity index (χ1v) is 6.69. The molecule has 0 aliphatic heterocycles. The lowest BCUT2D eigenvalue weighted by atomic mass is 10.0. The van der Waals surface area contributed by atoms with E-state index in [1.165, 1.54) is 20.9 Å². The predicted molar refractivity (Wildman–Crippen MR) is 75.1 cm³/mol. The van der Waals surface area contributed by atoms with Crippen molar-refractivity contribution < 1.29 is 0 Å². The molecular formula is C16H14S. The van der Waals surface area contributed by atoms with Gasteiger partial charge in [-0.15, -0.1) is 0 Å². The van der Waals surface area contributed by atoms with E-state index >= 15 is 0 Å². The van der Waals surface area contributed by atoms with Gasteiger partial charge in [-0.1, -0.05) is 61.2 Å². The Morgan fingerprint density at radius 1 is 0.882 bits per heavy atom. The Hall–Kier alpha value is -1.47. The largest absolute Gasteiger partial charge is 0.0939 e. The lowest BCUT2D eigenvalue weighted by molar-refractivity contribution is 0.975. The van der Waals surface area contributed by atoms with E-state index in [2.05, 4.69) is 67.6 Å². The number of fused-ring (bicyclic) bond motifs is 1. The molecule has 17 heavy (non-hydrogen) atoms. The monoisotopic (exact) mass is 238 g/mol. The molecule has 2 aromatic carbocycles. The van der Waals surface area contributed by atoms with Crippen molar-refractivity contribution in [1.29, 1.82) is 0 Å². The Morgan fingerprint density at radius 2 is 1.59 bits per heavy atom. The zero-order valence-corrected chi connectivity index (χ0v) is 10.6. The second kappa shape index (κ2) is 4.42. The van der Waals surface area contributed by atoms with Gasteiger partial charge < -0.3 is 0 Å². The molecule has 0 saturated heterocycles. The van der Waals surface area contributed by atoms with Crippen LogP contribution in [0.5, 0.6) is 0 Å². The predicted octanol–water partition coefficient (Wildman–Crippen LogP) is 4.94. The molecule has 0 N–H and O–H groups in total. The van der Waals surface area contributed by atoms with Gasteiger partial charge in [0.25, 0.3) is 0 Å². The summed E-state index contributed by atoms with van der Waals surface area (Å²) in [7, 11) is 0. The van der Waals surface area contributed by atoms with E-state index in [9.17, 15) is 0 Å². The molecule has 0 bridgehead atoms. The first kappa shape index (κ1) is 10.7. The van der Waals surface area contributed by atoms with E-state index in [4.69, 9.17) is 0 Å². The Balaban J connectivity index is 1.88. The van der Waals surface area contributed by atoms with Crippen LogP contribution in [0.15, 0.2) is 64.4 Å². The van der Waals surface area contributed by atoms with Gasteiger partial charge in [0.05, 0.1) is 0 Å². The van der Waals surface area contributed by atoms with Gasteiger partial charge in [0.2, 0.25) is 0 Å². The van der Waals surface area contributed by atoms with Crippen LogP contribution >= 0.6 is 11.8 Å². The van der Waals surface area contributed by atoms with E-state index in [1.54, 1.807) is 0 Å². The number of thioether (sulfide) groups is 1. The van der Waals surface area contributed by atoms with Gasteiger partial charge in [0, 0.05) is 10.8 Å². The smallest absolute Gasteiger partial charge is 0.0131 e. The number of rotatable bonds is 2. The third kappa shape index (κ3) is 2.03. The molecule has 0 heterocycles. The van der Waals surface area contributed by atoms with Crippen LogP contribution < -0.4 is 0 Å². The Labute approximate surface area is 106 Å². The first-order valence-electron chi connectivity index (χ1n) is 5.88. The maximum Gasteiger partial charge on any atom is 0.0131 e. The highest BCUT2D eigenvalue weighted by atomic mass is 32.2. The normalized spacial score (nSPS) is 17.7. The number of allylic oxidation sites excluding steroid dienone is 1. The molecule has 1 aliphatic carbocycles. The minimum atomic E-state index is 0.524. The van der Waals surface area contributed by atoms with Gasteiger partial charge in [-0.2, -0.15) is 0 Å². The Morgan fingerprint density at radius 3 is 2.35 bits per heavy atom. The molecule has 0 nitrogen and oxygen atoms in total. The summed E-state index contributed by atoms with van der Waals surface area (Å²) in [6.07, 6.45) is 2.32. The number of hydrogen-bond donors (Lipinski definition) is 0. The zero-order chi connectivity index (χ0) is 11.7. The minimum absolute atomic E-state index is 0.524. The summed E-state index contributed by atoms with van der Waals surface area (Å²) in [6.45, 7) is 2.29. The van der Waals surface area contributed by atoms with Crippen LogP contribution in [0.4, 0.5) is 0 Å². The lowest BCUT2D eigenvalue weighted by Crippen LogP contribution is -1.89. The van der Waals surface area contributed by atoms with Crippen molar-refractivity contribution in [2.45, 2.75) is 17.7 Å². The van der Waals surface area contributed by atoms with E-state index in [0.29, 0.717) is 5.92 Å². The average Bonchev–Trinajstić information content (AvgIpc) is 2.68. The molecule has 0 amide bonds. The van der Waals surface area contributed by atoms with Crippen LogP contribution in [0.2, 0.25) is 0 Å². The fourth-order valence-corrected chi connectivity index (χ4v) is 3.27. The summed E-state index contributed by atoms with van der Waals surface area (Å²) in [5, 5.41) is 0. The summed E-state index contributed by atoms with van der Waals surface area (Å²) >= 11 is 1.88. The second-order valence-electron chi connectivity index (χ2n) is 4.31. The molecule has 1 unspecified atom stereocenters. The summed E-state index contributed by atoms with van der Waals surface area (Å²) in [5.41, 5.74) is 2.82. The van der Waals surface area contributed by atoms with Crippen molar-refractivity contribution >= 4 is 17.8 Å². The minimum Gasteiger partial charge on any atom is -0.0939 e. The molecule has 84 valence electrons. The number of hydrogen-bond acceptors (Lipinski definition) is 1. The third-order valence-electron chi connectivity index (χ3n) is 3.17. The van der Waals surface area contributed by atoms with Crippen LogP contribution in [0.3, 0.4) is 0 Å². The SMILES string of the molecule is CC1C(Sc2ccccc2)=Cc2ccccc21. The van der Waals surface area contributed by atoms with Crippen LogP contribution in [-0.2, 0) is 0 Å². The van der Waals surface area contributed by atoms with Crippen molar-refractivity contribution in [3.8, 4) is 0 Å². The van der Waals surface area contributed by atoms with Crippen LogP contribution in [-0.4, -0.2) is 0 Å². The molecule has 0 spiro atoms. The summed E-state index contributed by atoms with van der Waals surface area (Å²) in [6, 6.07) is 19.2. The summed E-state index contributed by atoms with van der Waals surface area (Å²) in [5.74, 6) is 0.524. The fourth-order valence-electron chi connectivity index (χ4n) is 2.21.